The van der Waals surface area contributed by atoms with Gasteiger partial charge in [0.05, 0.1) is 5.25 Å². The number of rotatable bonds is 2. The second-order valence-electron chi connectivity index (χ2n) is 4.59. The minimum absolute atomic E-state index is 0.168. The molecule has 0 spiro atoms. The summed E-state index contributed by atoms with van der Waals surface area (Å²) >= 11 is 0. The van der Waals surface area contributed by atoms with Crippen molar-refractivity contribution in [2.75, 3.05) is 26.3 Å². The topological polar surface area (TPSA) is 72.6 Å². The van der Waals surface area contributed by atoms with Crippen LogP contribution in [0.4, 0.5) is 0 Å². The molecule has 2 aliphatic heterocycles. The Hall–Kier alpha value is -0.170. The molecule has 6 heteroatoms. The molecule has 0 aromatic rings. The van der Waals surface area contributed by atoms with Gasteiger partial charge in [-0.05, 0) is 25.7 Å². The summed E-state index contributed by atoms with van der Waals surface area (Å²) in [5.74, 6) is 0. The van der Waals surface area contributed by atoms with Crippen LogP contribution in [0.5, 0.6) is 0 Å². The molecule has 0 bridgehead atoms. The molecule has 0 saturated carbocycles. The van der Waals surface area contributed by atoms with Gasteiger partial charge in [-0.15, -0.1) is 0 Å². The predicted molar refractivity (Wildman–Crippen MR) is 61.5 cm³/mol. The summed E-state index contributed by atoms with van der Waals surface area (Å²) in [6.07, 6.45) is 2.82. The Kier molecular flexibility index (Phi) is 3.84. The van der Waals surface area contributed by atoms with Crippen LogP contribution in [-0.2, 0) is 14.8 Å². The summed E-state index contributed by atoms with van der Waals surface area (Å²) in [4.78, 5) is 0. The zero-order valence-corrected chi connectivity index (χ0v) is 10.3. The quantitative estimate of drug-likeness (QED) is 0.742. The van der Waals surface area contributed by atoms with E-state index in [9.17, 15) is 8.42 Å². The molecule has 2 fully saturated rings. The summed E-state index contributed by atoms with van der Waals surface area (Å²) < 4.78 is 31.4. The highest BCUT2D eigenvalue weighted by Gasteiger charge is 2.34. The van der Waals surface area contributed by atoms with E-state index in [0.717, 1.165) is 12.8 Å². The van der Waals surface area contributed by atoms with Crippen molar-refractivity contribution in [2.24, 2.45) is 5.73 Å². The molecule has 0 atom stereocenters. The third-order valence-corrected chi connectivity index (χ3v) is 5.85. The van der Waals surface area contributed by atoms with E-state index in [0.29, 0.717) is 39.1 Å². The van der Waals surface area contributed by atoms with Crippen LogP contribution in [0.2, 0.25) is 0 Å². The SMILES string of the molecule is NC1CCN(S(=O)(=O)C2CCOCC2)CC1. The van der Waals surface area contributed by atoms with Crippen molar-refractivity contribution in [1.82, 2.24) is 4.31 Å². The van der Waals surface area contributed by atoms with Gasteiger partial charge in [0.2, 0.25) is 10.0 Å². The first-order valence-corrected chi connectivity index (χ1v) is 7.43. The van der Waals surface area contributed by atoms with E-state index in [4.69, 9.17) is 10.5 Å². The van der Waals surface area contributed by atoms with Crippen LogP contribution >= 0.6 is 0 Å². The van der Waals surface area contributed by atoms with Gasteiger partial charge in [0.25, 0.3) is 0 Å². The molecule has 0 aromatic heterocycles. The molecular weight excluding hydrogens is 228 g/mol. The lowest BCUT2D eigenvalue weighted by molar-refractivity contribution is 0.0969. The molecular formula is C10H20N2O3S. The van der Waals surface area contributed by atoms with Crippen molar-refractivity contribution >= 4 is 10.0 Å². The fourth-order valence-electron chi connectivity index (χ4n) is 2.31. The van der Waals surface area contributed by atoms with Gasteiger partial charge in [0, 0.05) is 32.3 Å². The Morgan fingerprint density at radius 3 is 2.19 bits per heavy atom. The highest BCUT2D eigenvalue weighted by Crippen LogP contribution is 2.22. The first-order chi connectivity index (χ1) is 7.60. The monoisotopic (exact) mass is 248 g/mol. The molecule has 2 saturated heterocycles. The molecule has 2 aliphatic rings. The minimum atomic E-state index is -3.11. The van der Waals surface area contributed by atoms with Crippen molar-refractivity contribution in [3.8, 4) is 0 Å². The summed E-state index contributed by atoms with van der Waals surface area (Å²) in [5, 5.41) is -0.240. The zero-order chi connectivity index (χ0) is 11.6. The Morgan fingerprint density at radius 2 is 1.62 bits per heavy atom. The summed E-state index contributed by atoms with van der Waals surface area (Å²) in [5.41, 5.74) is 5.78. The Balaban J connectivity index is 2.00. The highest BCUT2D eigenvalue weighted by molar-refractivity contribution is 7.89. The largest absolute Gasteiger partial charge is 0.381 e. The number of hydrogen-bond donors (Lipinski definition) is 1. The van der Waals surface area contributed by atoms with Gasteiger partial charge in [0.15, 0.2) is 0 Å². The van der Waals surface area contributed by atoms with E-state index in [1.807, 2.05) is 0 Å². The van der Waals surface area contributed by atoms with Crippen LogP contribution in [0.3, 0.4) is 0 Å². The van der Waals surface area contributed by atoms with E-state index in [-0.39, 0.29) is 11.3 Å². The van der Waals surface area contributed by atoms with Gasteiger partial charge in [0.1, 0.15) is 0 Å². The first kappa shape index (κ1) is 12.3. The lowest BCUT2D eigenvalue weighted by Crippen LogP contribution is -2.47. The number of nitrogens with zero attached hydrogens (tertiary/aromatic N) is 1. The molecule has 0 aliphatic carbocycles. The van der Waals surface area contributed by atoms with Gasteiger partial charge >= 0.3 is 0 Å². The van der Waals surface area contributed by atoms with E-state index < -0.39 is 10.0 Å². The van der Waals surface area contributed by atoms with Crippen LogP contribution in [-0.4, -0.2) is 50.3 Å². The molecule has 94 valence electrons. The summed E-state index contributed by atoms with van der Waals surface area (Å²) in [7, 11) is -3.11. The van der Waals surface area contributed by atoms with Crippen molar-refractivity contribution < 1.29 is 13.2 Å². The average molecular weight is 248 g/mol. The maximum absolute atomic E-state index is 12.3. The smallest absolute Gasteiger partial charge is 0.217 e. The normalized spacial score (nSPS) is 27.1. The Labute approximate surface area is 97.0 Å². The lowest BCUT2D eigenvalue weighted by atomic mass is 10.1. The fourth-order valence-corrected chi connectivity index (χ4v) is 4.24. The van der Waals surface area contributed by atoms with Crippen molar-refractivity contribution in [1.29, 1.82) is 0 Å². The molecule has 5 nitrogen and oxygen atoms in total. The Bertz CT molecular complexity index is 317. The number of ether oxygens (including phenoxy) is 1. The molecule has 2 rings (SSSR count). The zero-order valence-electron chi connectivity index (χ0n) is 9.47. The second kappa shape index (κ2) is 5.00. The number of hydrogen-bond acceptors (Lipinski definition) is 4. The van der Waals surface area contributed by atoms with Crippen LogP contribution in [0, 0.1) is 0 Å². The number of sulfonamides is 1. The van der Waals surface area contributed by atoms with Gasteiger partial charge in [-0.2, -0.15) is 0 Å². The molecule has 2 heterocycles. The predicted octanol–water partition coefficient (Wildman–Crippen LogP) is -0.0817. The van der Waals surface area contributed by atoms with Gasteiger partial charge in [-0.1, -0.05) is 0 Å². The van der Waals surface area contributed by atoms with Crippen LogP contribution in [0.25, 0.3) is 0 Å². The molecule has 2 N–H and O–H groups in total. The molecule has 0 aromatic carbocycles. The van der Waals surface area contributed by atoms with Crippen molar-refractivity contribution in [3.05, 3.63) is 0 Å². The summed E-state index contributed by atoms with van der Waals surface area (Å²) in [6.45, 7) is 2.30. The third-order valence-electron chi connectivity index (χ3n) is 3.45. The van der Waals surface area contributed by atoms with E-state index in [1.165, 1.54) is 0 Å². The second-order valence-corrected chi connectivity index (χ2v) is 6.81. The molecule has 0 radical (unpaired) electrons. The average Bonchev–Trinajstić information content (AvgIpc) is 2.31. The maximum Gasteiger partial charge on any atom is 0.217 e. The first-order valence-electron chi connectivity index (χ1n) is 5.93. The molecule has 16 heavy (non-hydrogen) atoms. The fraction of sp³-hybridized carbons (Fsp3) is 1.00. The number of piperidine rings is 1. The van der Waals surface area contributed by atoms with E-state index in [1.54, 1.807) is 4.31 Å². The summed E-state index contributed by atoms with van der Waals surface area (Å²) in [6, 6.07) is 0.168. The lowest BCUT2D eigenvalue weighted by Gasteiger charge is -2.33. The standard InChI is InChI=1S/C10H20N2O3S/c11-9-1-5-12(6-2-9)16(13,14)10-3-7-15-8-4-10/h9-10H,1-8,11H2. The van der Waals surface area contributed by atoms with Gasteiger partial charge < -0.3 is 10.5 Å². The number of nitrogens with two attached hydrogens (primary N) is 1. The van der Waals surface area contributed by atoms with Crippen molar-refractivity contribution in [3.63, 3.8) is 0 Å². The highest BCUT2D eigenvalue weighted by atomic mass is 32.2. The van der Waals surface area contributed by atoms with Crippen LogP contribution in [0.1, 0.15) is 25.7 Å². The van der Waals surface area contributed by atoms with Gasteiger partial charge in [-0.25, -0.2) is 12.7 Å². The minimum Gasteiger partial charge on any atom is -0.381 e. The van der Waals surface area contributed by atoms with Crippen molar-refractivity contribution in [2.45, 2.75) is 37.0 Å². The van der Waals surface area contributed by atoms with Gasteiger partial charge in [-0.3, -0.25) is 0 Å². The molecule has 0 unspecified atom stereocenters. The maximum atomic E-state index is 12.3. The van der Waals surface area contributed by atoms with E-state index >= 15 is 0 Å². The Morgan fingerprint density at radius 1 is 1.06 bits per heavy atom. The third kappa shape index (κ3) is 2.56. The molecule has 0 amide bonds. The van der Waals surface area contributed by atoms with Crippen LogP contribution in [0.15, 0.2) is 0 Å². The van der Waals surface area contributed by atoms with Crippen LogP contribution < -0.4 is 5.73 Å². The van der Waals surface area contributed by atoms with E-state index in [2.05, 4.69) is 0 Å².